The molecule has 0 spiro atoms. The highest BCUT2D eigenvalue weighted by atomic mass is 32.2. The predicted molar refractivity (Wildman–Crippen MR) is 125 cm³/mol. The topological polar surface area (TPSA) is 51.2 Å². The molecule has 170 valence electrons. The average molecular weight is 427 g/mol. The highest BCUT2D eigenvalue weighted by molar-refractivity contribution is 7.73. The van der Waals surface area contributed by atoms with Crippen LogP contribution in [-0.4, -0.2) is 19.5 Å². The third-order valence-electron chi connectivity index (χ3n) is 6.85. The van der Waals surface area contributed by atoms with Gasteiger partial charge in [-0.1, -0.05) is 105 Å². The smallest absolute Gasteiger partial charge is 0.143 e. The van der Waals surface area contributed by atoms with Gasteiger partial charge in [-0.15, -0.1) is 0 Å². The Hall–Kier alpha value is -0.640. The van der Waals surface area contributed by atoms with Crippen LogP contribution in [0.4, 0.5) is 0 Å². The lowest BCUT2D eigenvalue weighted by atomic mass is 9.64. The van der Waals surface area contributed by atoms with Gasteiger partial charge in [0.25, 0.3) is 0 Å². The second kappa shape index (κ2) is 13.6. The normalized spacial score (nSPS) is 23.2. The fourth-order valence-electron chi connectivity index (χ4n) is 5.11. The Morgan fingerprint density at radius 2 is 1.59 bits per heavy atom. The fraction of sp³-hybridized carbons (Fsp3) is 0.880. The molecule has 0 saturated carbocycles. The number of carbonyl (C=O) groups excluding carboxylic acids is 1. The molecule has 0 radical (unpaired) electrons. The molecule has 0 bridgehead atoms. The highest BCUT2D eigenvalue weighted by Gasteiger charge is 2.40. The molecule has 0 aromatic carbocycles. The Kier molecular flexibility index (Phi) is 12.4. The number of Topliss-reactive ketones (excluding diaryl/α,β-unsaturated/α-hetero) is 1. The minimum atomic E-state index is -2.49. The molecule has 0 heterocycles. The van der Waals surface area contributed by atoms with Gasteiger partial charge >= 0.3 is 0 Å². The largest absolute Gasteiger partial charge is 0.299 e. The summed E-state index contributed by atoms with van der Waals surface area (Å²) < 4.78 is 23.7. The molecule has 3 nitrogen and oxygen atoms in total. The second-order valence-corrected chi connectivity index (χ2v) is 11.3. The van der Waals surface area contributed by atoms with Crippen molar-refractivity contribution in [2.24, 2.45) is 23.2 Å². The first-order valence-corrected chi connectivity index (χ1v) is 13.3. The maximum absolute atomic E-state index is 13.1. The zero-order valence-electron chi connectivity index (χ0n) is 19.6. The fourth-order valence-corrected chi connectivity index (χ4v) is 6.02. The van der Waals surface area contributed by atoms with Gasteiger partial charge in [0, 0.05) is 12.3 Å². The van der Waals surface area contributed by atoms with Crippen LogP contribution in [0.1, 0.15) is 112 Å². The van der Waals surface area contributed by atoms with E-state index in [4.69, 9.17) is 0 Å². The summed E-state index contributed by atoms with van der Waals surface area (Å²) in [7, 11) is -2.49. The molecule has 1 rings (SSSR count). The van der Waals surface area contributed by atoms with Crippen LogP contribution in [0.25, 0.3) is 0 Å². The van der Waals surface area contributed by atoms with Crippen LogP contribution >= 0.6 is 0 Å². The van der Waals surface area contributed by atoms with Crippen LogP contribution in [0, 0.1) is 23.2 Å². The second-order valence-electron chi connectivity index (χ2n) is 10.1. The van der Waals surface area contributed by atoms with Crippen molar-refractivity contribution in [2.45, 2.75) is 117 Å². The maximum atomic E-state index is 13.1. The van der Waals surface area contributed by atoms with Gasteiger partial charge in [0.2, 0.25) is 0 Å². The summed E-state index contributed by atoms with van der Waals surface area (Å²) in [5.74, 6) is 0.378. The van der Waals surface area contributed by atoms with E-state index < -0.39 is 10.7 Å². The van der Waals surface area contributed by atoms with Crippen molar-refractivity contribution in [3.05, 3.63) is 12.2 Å². The quantitative estimate of drug-likeness (QED) is 0.180. The Morgan fingerprint density at radius 3 is 2.10 bits per heavy atom. The Balaban J connectivity index is 2.43. The first kappa shape index (κ1) is 26.4. The molecular formula is C25H46O3S. The van der Waals surface area contributed by atoms with Gasteiger partial charge in [-0.2, -0.15) is 0 Å². The van der Waals surface area contributed by atoms with Gasteiger partial charge in [0.1, 0.15) is 16.5 Å². The van der Waals surface area contributed by atoms with E-state index in [2.05, 4.69) is 39.8 Å². The Bertz CT molecular complexity index is 569. The third-order valence-corrected chi connectivity index (χ3v) is 8.16. The lowest BCUT2D eigenvalue weighted by Crippen LogP contribution is -2.38. The monoisotopic (exact) mass is 426 g/mol. The van der Waals surface area contributed by atoms with E-state index in [1.54, 1.807) is 0 Å². The van der Waals surface area contributed by atoms with Crippen molar-refractivity contribution in [3.63, 3.8) is 0 Å². The summed E-state index contributed by atoms with van der Waals surface area (Å²) in [5.41, 5.74) is -0.0444. The molecule has 0 amide bonds. The van der Waals surface area contributed by atoms with E-state index in [1.165, 1.54) is 44.9 Å². The van der Waals surface area contributed by atoms with Crippen molar-refractivity contribution < 1.29 is 13.2 Å². The van der Waals surface area contributed by atoms with Crippen LogP contribution in [0.15, 0.2) is 12.2 Å². The van der Waals surface area contributed by atoms with E-state index in [-0.39, 0.29) is 34.2 Å². The molecule has 0 aromatic rings. The zero-order chi connectivity index (χ0) is 21.9. The van der Waals surface area contributed by atoms with E-state index in [9.17, 15) is 13.2 Å². The summed E-state index contributed by atoms with van der Waals surface area (Å²) in [6, 6.07) is 0. The number of carbonyl (C=O) groups is 1. The van der Waals surface area contributed by atoms with E-state index in [0.717, 1.165) is 19.3 Å². The molecule has 29 heavy (non-hydrogen) atoms. The number of hydrogen-bond donors (Lipinski definition) is 1. The molecule has 0 aromatic heterocycles. The summed E-state index contributed by atoms with van der Waals surface area (Å²) in [4.78, 5) is 13.1. The van der Waals surface area contributed by atoms with Gasteiger partial charge in [-0.05, 0) is 30.1 Å². The summed E-state index contributed by atoms with van der Waals surface area (Å²) in [6.45, 7) is 10.6. The van der Waals surface area contributed by atoms with Crippen molar-refractivity contribution in [1.29, 1.82) is 0 Å². The maximum Gasteiger partial charge on any atom is 0.143 e. The summed E-state index contributed by atoms with van der Waals surface area (Å²) in [6.07, 6.45) is 17.4. The number of thiol groups is 1. The SMILES string of the molecule is CCCCCCCCCCCC(C(C)CC(=O)C1C(C)C=CCC1(C)C)[SH](=O)=O. The number of hydrogen-bond acceptors (Lipinski definition) is 3. The lowest BCUT2D eigenvalue weighted by Gasteiger charge is -2.39. The zero-order valence-corrected chi connectivity index (χ0v) is 20.5. The van der Waals surface area contributed by atoms with E-state index >= 15 is 0 Å². The van der Waals surface area contributed by atoms with Crippen LogP contribution in [0.3, 0.4) is 0 Å². The first-order valence-electron chi connectivity index (χ1n) is 12.0. The molecule has 4 unspecified atom stereocenters. The molecule has 0 fully saturated rings. The molecule has 0 saturated heterocycles. The third kappa shape index (κ3) is 9.36. The number of ketones is 1. The summed E-state index contributed by atoms with van der Waals surface area (Å²) >= 11 is 0. The molecule has 1 aliphatic rings. The highest BCUT2D eigenvalue weighted by Crippen LogP contribution is 2.42. The van der Waals surface area contributed by atoms with Crippen LogP contribution in [0.5, 0.6) is 0 Å². The van der Waals surface area contributed by atoms with Gasteiger partial charge < -0.3 is 0 Å². The van der Waals surface area contributed by atoms with Crippen LogP contribution in [-0.2, 0) is 15.5 Å². The molecule has 4 atom stereocenters. The number of unbranched alkanes of at least 4 members (excludes halogenated alkanes) is 8. The van der Waals surface area contributed by atoms with Gasteiger partial charge in [-0.25, -0.2) is 8.42 Å². The average Bonchev–Trinajstić information content (AvgIpc) is 2.61. The molecule has 0 N–H and O–H groups in total. The predicted octanol–water partition coefficient (Wildman–Crippen LogP) is 6.72. The minimum Gasteiger partial charge on any atom is -0.299 e. The molecular weight excluding hydrogens is 380 g/mol. The van der Waals surface area contributed by atoms with Crippen molar-refractivity contribution in [1.82, 2.24) is 0 Å². The van der Waals surface area contributed by atoms with Crippen molar-refractivity contribution in [3.8, 4) is 0 Å². The summed E-state index contributed by atoms with van der Waals surface area (Å²) in [5, 5.41) is -0.365. The van der Waals surface area contributed by atoms with Gasteiger partial charge in [0.05, 0.1) is 5.25 Å². The van der Waals surface area contributed by atoms with Crippen LogP contribution in [0.2, 0.25) is 0 Å². The molecule has 0 aliphatic heterocycles. The van der Waals surface area contributed by atoms with Crippen molar-refractivity contribution in [2.75, 3.05) is 0 Å². The van der Waals surface area contributed by atoms with E-state index in [0.29, 0.717) is 12.8 Å². The van der Waals surface area contributed by atoms with Gasteiger partial charge in [0.15, 0.2) is 0 Å². The molecule has 4 heteroatoms. The lowest BCUT2D eigenvalue weighted by molar-refractivity contribution is -0.129. The standard InChI is InChI=1S/C25H46O3S/c1-6-7-8-9-10-11-12-13-14-17-23(29(27)28)21(3)19-22(26)24-20(2)16-15-18-25(24,4)5/h15-16,20-21,23-24,29H,6-14,17-19H2,1-5H3. The Morgan fingerprint density at radius 1 is 1.03 bits per heavy atom. The van der Waals surface area contributed by atoms with Gasteiger partial charge in [-0.3, -0.25) is 4.79 Å². The van der Waals surface area contributed by atoms with Crippen LogP contribution < -0.4 is 0 Å². The van der Waals surface area contributed by atoms with Crippen molar-refractivity contribution >= 4 is 16.5 Å². The minimum absolute atomic E-state index is 0.00663. The number of allylic oxidation sites excluding steroid dienone is 2. The van der Waals surface area contributed by atoms with E-state index in [1.807, 2.05) is 6.92 Å². The first-order chi connectivity index (χ1) is 13.7. The molecule has 1 aliphatic carbocycles. The number of rotatable bonds is 15. The Labute approximate surface area is 182 Å².